The molecular formula is C17H14Br2FNO4. The predicted octanol–water partition coefficient (Wildman–Crippen LogP) is 4.88. The Morgan fingerprint density at radius 2 is 2.04 bits per heavy atom. The van der Waals surface area contributed by atoms with Gasteiger partial charge in [0.1, 0.15) is 11.6 Å². The largest absolute Gasteiger partial charge is 0.480 e. The van der Waals surface area contributed by atoms with Crippen molar-refractivity contribution in [3.05, 3.63) is 45.1 Å². The zero-order valence-corrected chi connectivity index (χ0v) is 16.3. The number of anilines is 1. The molecule has 1 atom stereocenters. The van der Waals surface area contributed by atoms with Gasteiger partial charge in [-0.25, -0.2) is 4.39 Å². The Morgan fingerprint density at radius 3 is 2.76 bits per heavy atom. The molecule has 0 aromatic heterocycles. The van der Waals surface area contributed by atoms with Gasteiger partial charge in [-0.1, -0.05) is 22.9 Å². The topological polar surface area (TPSA) is 56.8 Å². The Labute approximate surface area is 160 Å². The van der Waals surface area contributed by atoms with Gasteiger partial charge in [0.25, 0.3) is 5.91 Å². The number of carbonyl (C=O) groups is 1. The van der Waals surface area contributed by atoms with E-state index in [4.69, 9.17) is 14.2 Å². The number of halogens is 3. The summed E-state index contributed by atoms with van der Waals surface area (Å²) >= 11 is 6.44. The molecule has 1 N–H and O–H groups in total. The minimum atomic E-state index is -0.782. The summed E-state index contributed by atoms with van der Waals surface area (Å²) in [5.74, 6) is 0.677. The monoisotopic (exact) mass is 473 g/mol. The van der Waals surface area contributed by atoms with Crippen molar-refractivity contribution in [3.63, 3.8) is 0 Å². The van der Waals surface area contributed by atoms with Crippen molar-refractivity contribution in [2.45, 2.75) is 19.4 Å². The third-order valence-corrected chi connectivity index (χ3v) is 4.62. The molecule has 0 saturated carbocycles. The van der Waals surface area contributed by atoms with E-state index in [1.807, 2.05) is 6.92 Å². The maximum absolute atomic E-state index is 14.1. The van der Waals surface area contributed by atoms with E-state index in [1.165, 1.54) is 6.07 Å². The van der Waals surface area contributed by atoms with E-state index >= 15 is 0 Å². The summed E-state index contributed by atoms with van der Waals surface area (Å²) < 4.78 is 31.3. The standard InChI is InChI=1S/C17H14Br2FNO4/c1-2-13(25-10-3-4-14-15(7-10)24-8-23-14)17(22)21-16-11(19)5-9(18)6-12(16)20/h3-7,13H,2,8H2,1H3,(H,21,22). The van der Waals surface area contributed by atoms with Crippen LogP contribution in [-0.2, 0) is 4.79 Å². The molecule has 25 heavy (non-hydrogen) atoms. The second-order valence-corrected chi connectivity index (χ2v) is 7.03. The lowest BCUT2D eigenvalue weighted by Gasteiger charge is -2.18. The first-order valence-corrected chi connectivity index (χ1v) is 9.08. The number of hydrogen-bond donors (Lipinski definition) is 1. The Kier molecular flexibility index (Phi) is 5.48. The molecule has 1 unspecified atom stereocenters. The highest BCUT2D eigenvalue weighted by Gasteiger charge is 2.22. The summed E-state index contributed by atoms with van der Waals surface area (Å²) in [4.78, 5) is 12.5. The number of amides is 1. The Morgan fingerprint density at radius 1 is 1.28 bits per heavy atom. The number of rotatable bonds is 5. The first-order valence-electron chi connectivity index (χ1n) is 7.49. The van der Waals surface area contributed by atoms with Crippen LogP contribution in [0.15, 0.2) is 39.3 Å². The zero-order valence-electron chi connectivity index (χ0n) is 13.1. The van der Waals surface area contributed by atoms with Crippen LogP contribution in [0.5, 0.6) is 17.2 Å². The summed E-state index contributed by atoms with van der Waals surface area (Å²) in [5, 5.41) is 2.57. The lowest BCUT2D eigenvalue weighted by Crippen LogP contribution is -2.32. The minimum Gasteiger partial charge on any atom is -0.480 e. The molecule has 1 aliphatic heterocycles. The molecule has 0 fully saturated rings. The van der Waals surface area contributed by atoms with Gasteiger partial charge in [-0.2, -0.15) is 0 Å². The second-order valence-electron chi connectivity index (χ2n) is 5.26. The van der Waals surface area contributed by atoms with Crippen LogP contribution in [0.25, 0.3) is 0 Å². The zero-order chi connectivity index (χ0) is 18.0. The van der Waals surface area contributed by atoms with E-state index < -0.39 is 17.8 Å². The average Bonchev–Trinajstić information content (AvgIpc) is 3.03. The molecule has 8 heteroatoms. The van der Waals surface area contributed by atoms with Gasteiger partial charge in [0.2, 0.25) is 6.79 Å². The molecule has 1 amide bonds. The summed E-state index contributed by atoms with van der Waals surface area (Å²) in [5.41, 5.74) is 0.0703. The van der Waals surface area contributed by atoms with Gasteiger partial charge >= 0.3 is 0 Å². The van der Waals surface area contributed by atoms with Crippen LogP contribution in [0.1, 0.15) is 13.3 Å². The number of ether oxygens (including phenoxy) is 3. The molecule has 2 aromatic carbocycles. The number of fused-ring (bicyclic) bond motifs is 1. The summed E-state index contributed by atoms with van der Waals surface area (Å²) in [6, 6.07) is 8.00. The lowest BCUT2D eigenvalue weighted by atomic mass is 10.2. The summed E-state index contributed by atoms with van der Waals surface area (Å²) in [6.45, 7) is 1.97. The Hall–Kier alpha value is -1.80. The molecule has 1 aliphatic rings. The highest BCUT2D eigenvalue weighted by atomic mass is 79.9. The number of benzene rings is 2. The summed E-state index contributed by atoms with van der Waals surface area (Å²) in [6.07, 6.45) is -0.369. The second kappa shape index (κ2) is 7.61. The van der Waals surface area contributed by atoms with Crippen LogP contribution in [0.3, 0.4) is 0 Å². The molecule has 0 bridgehead atoms. The van der Waals surface area contributed by atoms with Crippen LogP contribution in [0, 0.1) is 5.82 Å². The highest BCUT2D eigenvalue weighted by molar-refractivity contribution is 9.11. The quantitative estimate of drug-likeness (QED) is 0.671. The molecule has 132 valence electrons. The van der Waals surface area contributed by atoms with Crippen molar-refractivity contribution in [2.75, 3.05) is 12.1 Å². The minimum absolute atomic E-state index is 0.0703. The van der Waals surface area contributed by atoms with Crippen molar-refractivity contribution in [2.24, 2.45) is 0 Å². The fraction of sp³-hybridized carbons (Fsp3) is 0.235. The molecule has 0 radical (unpaired) electrons. The Bertz CT molecular complexity index is 792. The highest BCUT2D eigenvalue weighted by Crippen LogP contribution is 2.35. The van der Waals surface area contributed by atoms with Gasteiger partial charge in [-0.05, 0) is 46.6 Å². The maximum atomic E-state index is 14.1. The van der Waals surface area contributed by atoms with Gasteiger partial charge < -0.3 is 19.5 Å². The predicted molar refractivity (Wildman–Crippen MR) is 97.7 cm³/mol. The van der Waals surface area contributed by atoms with Crippen molar-refractivity contribution in [1.82, 2.24) is 0 Å². The van der Waals surface area contributed by atoms with Gasteiger partial charge in [0, 0.05) is 15.0 Å². The molecule has 1 heterocycles. The fourth-order valence-corrected chi connectivity index (χ4v) is 3.57. The molecule has 5 nitrogen and oxygen atoms in total. The lowest BCUT2D eigenvalue weighted by molar-refractivity contribution is -0.122. The molecule has 0 spiro atoms. The van der Waals surface area contributed by atoms with Crippen molar-refractivity contribution in [1.29, 1.82) is 0 Å². The first kappa shape index (κ1) is 18.0. The van der Waals surface area contributed by atoms with Crippen LogP contribution in [0.2, 0.25) is 0 Å². The van der Waals surface area contributed by atoms with Crippen LogP contribution >= 0.6 is 31.9 Å². The number of hydrogen-bond acceptors (Lipinski definition) is 4. The maximum Gasteiger partial charge on any atom is 0.265 e. The van der Waals surface area contributed by atoms with E-state index in [-0.39, 0.29) is 12.5 Å². The normalized spacial score (nSPS) is 13.4. The third-order valence-electron chi connectivity index (χ3n) is 3.54. The van der Waals surface area contributed by atoms with Crippen LogP contribution in [0.4, 0.5) is 10.1 Å². The van der Waals surface area contributed by atoms with Gasteiger partial charge in [-0.15, -0.1) is 0 Å². The van der Waals surface area contributed by atoms with E-state index in [0.29, 0.717) is 32.6 Å². The van der Waals surface area contributed by atoms with Crippen molar-refractivity contribution < 1.29 is 23.4 Å². The number of carbonyl (C=O) groups excluding carboxylic acids is 1. The van der Waals surface area contributed by atoms with Gasteiger partial charge in [0.15, 0.2) is 17.6 Å². The molecule has 0 aliphatic carbocycles. The third kappa shape index (κ3) is 4.07. The van der Waals surface area contributed by atoms with E-state index in [9.17, 15) is 9.18 Å². The Balaban J connectivity index is 1.74. The van der Waals surface area contributed by atoms with E-state index in [1.54, 1.807) is 24.3 Å². The van der Waals surface area contributed by atoms with Crippen LogP contribution < -0.4 is 19.5 Å². The molecular weight excluding hydrogens is 461 g/mol. The van der Waals surface area contributed by atoms with Gasteiger partial charge in [0.05, 0.1) is 5.69 Å². The van der Waals surface area contributed by atoms with Crippen LogP contribution in [-0.4, -0.2) is 18.8 Å². The first-order chi connectivity index (χ1) is 12.0. The fourth-order valence-electron chi connectivity index (χ4n) is 2.30. The smallest absolute Gasteiger partial charge is 0.265 e. The molecule has 0 saturated heterocycles. The SMILES string of the molecule is CCC(Oc1ccc2c(c1)OCO2)C(=O)Nc1c(F)cc(Br)cc1Br. The van der Waals surface area contributed by atoms with Gasteiger partial charge in [-0.3, -0.25) is 4.79 Å². The van der Waals surface area contributed by atoms with E-state index in [0.717, 1.165) is 0 Å². The number of nitrogens with one attached hydrogen (secondary N) is 1. The molecule has 2 aromatic rings. The van der Waals surface area contributed by atoms with Crippen molar-refractivity contribution in [3.8, 4) is 17.2 Å². The molecule has 3 rings (SSSR count). The van der Waals surface area contributed by atoms with Crippen molar-refractivity contribution >= 4 is 43.5 Å². The average molecular weight is 475 g/mol. The van der Waals surface area contributed by atoms with E-state index in [2.05, 4.69) is 37.2 Å². The summed E-state index contributed by atoms with van der Waals surface area (Å²) in [7, 11) is 0.